The maximum absolute atomic E-state index is 11.1. The molecule has 0 saturated heterocycles. The summed E-state index contributed by atoms with van der Waals surface area (Å²) in [6, 6.07) is 0. The van der Waals surface area contributed by atoms with E-state index in [9.17, 15) is 5.11 Å². The summed E-state index contributed by atoms with van der Waals surface area (Å²) in [5.41, 5.74) is -0.0390. The lowest BCUT2D eigenvalue weighted by Gasteiger charge is -2.61. The number of hydrogen-bond acceptors (Lipinski definition) is 4. The molecule has 1 aromatic heterocycles. The van der Waals surface area contributed by atoms with E-state index in [2.05, 4.69) is 31.0 Å². The van der Waals surface area contributed by atoms with E-state index in [0.717, 1.165) is 28.2 Å². The van der Waals surface area contributed by atoms with Crippen LogP contribution >= 0.6 is 23.6 Å². The average molecular weight is 341 g/mol. The molecule has 124 valence electrons. The van der Waals surface area contributed by atoms with Crippen molar-refractivity contribution in [1.29, 1.82) is 0 Å². The first-order valence-corrected chi connectivity index (χ1v) is 9.64. The first-order chi connectivity index (χ1) is 10.2. The lowest BCUT2D eigenvalue weighted by molar-refractivity contribution is -0.166. The van der Waals surface area contributed by atoms with Crippen molar-refractivity contribution in [1.82, 2.24) is 10.2 Å². The lowest BCUT2D eigenvalue weighted by Crippen LogP contribution is -2.58. The largest absolute Gasteiger partial charge is 0.390 e. The second-order valence-corrected chi connectivity index (χ2v) is 10.3. The molecule has 2 aliphatic rings. The fourth-order valence-electron chi connectivity index (χ4n) is 5.60. The number of aromatic nitrogens is 2. The number of hydrogen-bond donors (Lipinski definition) is 2. The van der Waals surface area contributed by atoms with E-state index in [1.165, 1.54) is 19.3 Å². The van der Waals surface area contributed by atoms with Gasteiger partial charge in [0.2, 0.25) is 0 Å². The molecule has 22 heavy (non-hydrogen) atoms. The molecule has 5 heteroatoms. The second-order valence-electron chi connectivity index (χ2n) is 8.56. The molecular weight excluding hydrogens is 312 g/mol. The van der Waals surface area contributed by atoms with Gasteiger partial charge in [-0.3, -0.25) is 5.10 Å². The number of aliphatic hydroxyl groups is 1. The van der Waals surface area contributed by atoms with E-state index in [1.54, 1.807) is 11.3 Å². The van der Waals surface area contributed by atoms with Gasteiger partial charge in [0.1, 0.15) is 5.01 Å². The monoisotopic (exact) mass is 340 g/mol. The Bertz CT molecular complexity index is 604. The van der Waals surface area contributed by atoms with Crippen molar-refractivity contribution in [3.63, 3.8) is 0 Å². The Morgan fingerprint density at radius 2 is 2.00 bits per heavy atom. The van der Waals surface area contributed by atoms with Crippen LogP contribution in [0.15, 0.2) is 0 Å². The number of aromatic amines is 1. The van der Waals surface area contributed by atoms with Crippen LogP contribution in [0.5, 0.6) is 0 Å². The molecule has 0 unspecified atom stereocenters. The van der Waals surface area contributed by atoms with Crippen molar-refractivity contribution >= 4 is 23.6 Å². The average Bonchev–Trinajstić information content (AvgIpc) is 2.78. The van der Waals surface area contributed by atoms with E-state index in [4.69, 9.17) is 12.2 Å². The molecule has 0 amide bonds. The van der Waals surface area contributed by atoms with Crippen molar-refractivity contribution < 1.29 is 5.11 Å². The Kier molecular flexibility index (Phi) is 4.06. The van der Waals surface area contributed by atoms with E-state index in [1.807, 2.05) is 6.92 Å². The highest BCUT2D eigenvalue weighted by atomic mass is 32.1. The molecule has 0 spiro atoms. The molecule has 3 rings (SSSR count). The van der Waals surface area contributed by atoms with E-state index >= 15 is 0 Å². The third-order valence-corrected chi connectivity index (χ3v) is 7.73. The number of H-pyrrole nitrogens is 1. The number of nitrogens with zero attached hydrogens (tertiary/aromatic N) is 1. The molecule has 3 nitrogen and oxygen atoms in total. The predicted octanol–water partition coefficient (Wildman–Crippen LogP) is 4.74. The highest BCUT2D eigenvalue weighted by Gasteiger charge is 2.57. The van der Waals surface area contributed by atoms with Crippen LogP contribution in [0.4, 0.5) is 0 Å². The van der Waals surface area contributed by atoms with Gasteiger partial charge in [0.15, 0.2) is 3.95 Å². The van der Waals surface area contributed by atoms with Crippen LogP contribution in [0.3, 0.4) is 0 Å². The summed E-state index contributed by atoms with van der Waals surface area (Å²) in [5, 5.41) is 19.4. The van der Waals surface area contributed by atoms with E-state index < -0.39 is 5.60 Å². The Hall–Kier alpha value is -0.260. The predicted molar refractivity (Wildman–Crippen MR) is 93.6 cm³/mol. The standard InChI is InChI=1S/C17H28N2OS2/c1-15(2)7-5-8-16(3)11(15)6-9-17(4,20)12(16)10-13-18-19-14(21)22-13/h11-12,20H,5-10H2,1-4H3,(H,19,21)/t11-,12+,16-,17+/m0/s1. The maximum atomic E-state index is 11.1. The molecular formula is C17H28N2OS2. The van der Waals surface area contributed by atoms with Gasteiger partial charge in [0.05, 0.1) is 5.60 Å². The van der Waals surface area contributed by atoms with Crippen LogP contribution in [-0.4, -0.2) is 20.9 Å². The van der Waals surface area contributed by atoms with Crippen molar-refractivity contribution in [2.45, 2.75) is 71.8 Å². The van der Waals surface area contributed by atoms with Gasteiger partial charge in [0, 0.05) is 6.42 Å². The van der Waals surface area contributed by atoms with Crippen LogP contribution < -0.4 is 0 Å². The third kappa shape index (κ3) is 2.69. The second kappa shape index (κ2) is 5.38. The molecule has 0 aromatic carbocycles. The molecule has 0 aliphatic heterocycles. The summed E-state index contributed by atoms with van der Waals surface area (Å²) in [6.45, 7) is 9.30. The van der Waals surface area contributed by atoms with E-state index in [0.29, 0.717) is 11.3 Å². The van der Waals surface area contributed by atoms with Crippen LogP contribution in [-0.2, 0) is 6.42 Å². The van der Waals surface area contributed by atoms with E-state index in [-0.39, 0.29) is 11.3 Å². The van der Waals surface area contributed by atoms with Gasteiger partial charge in [-0.25, -0.2) is 0 Å². The molecule has 0 bridgehead atoms. The molecule has 1 heterocycles. The highest BCUT2D eigenvalue weighted by molar-refractivity contribution is 7.73. The van der Waals surface area contributed by atoms with Gasteiger partial charge in [-0.05, 0) is 67.5 Å². The minimum atomic E-state index is -0.605. The summed E-state index contributed by atoms with van der Waals surface area (Å²) in [4.78, 5) is 0. The molecule has 2 saturated carbocycles. The summed E-state index contributed by atoms with van der Waals surface area (Å²) in [7, 11) is 0. The Labute approximate surface area is 142 Å². The Morgan fingerprint density at radius 1 is 1.27 bits per heavy atom. The van der Waals surface area contributed by atoms with Gasteiger partial charge in [0.25, 0.3) is 0 Å². The molecule has 2 fully saturated rings. The zero-order valence-electron chi connectivity index (χ0n) is 14.1. The van der Waals surface area contributed by atoms with Gasteiger partial charge in [-0.15, -0.1) is 0 Å². The number of fused-ring (bicyclic) bond motifs is 1. The minimum Gasteiger partial charge on any atom is -0.390 e. The first kappa shape index (κ1) is 16.6. The Morgan fingerprint density at radius 3 is 2.64 bits per heavy atom. The highest BCUT2D eigenvalue weighted by Crippen LogP contribution is 2.62. The maximum Gasteiger partial charge on any atom is 0.176 e. The SMILES string of the molecule is CC1(C)CCC[C@]2(C)[C@@H](Cc3n[nH]c(=S)s3)[C@](C)(O)CC[C@@H]12. The molecule has 1 aromatic rings. The van der Waals surface area contributed by atoms with Crippen LogP contribution in [0.25, 0.3) is 0 Å². The van der Waals surface area contributed by atoms with Gasteiger partial charge in [-0.2, -0.15) is 5.10 Å². The fourth-order valence-corrected chi connectivity index (χ4v) is 6.58. The molecule has 0 radical (unpaired) electrons. The topological polar surface area (TPSA) is 48.9 Å². The van der Waals surface area contributed by atoms with Crippen molar-refractivity contribution in [2.24, 2.45) is 22.7 Å². The molecule has 2 N–H and O–H groups in total. The van der Waals surface area contributed by atoms with Gasteiger partial charge >= 0.3 is 0 Å². The molecule has 2 aliphatic carbocycles. The van der Waals surface area contributed by atoms with Crippen molar-refractivity contribution in [2.75, 3.05) is 0 Å². The normalized spacial score (nSPS) is 41.1. The Balaban J connectivity index is 1.97. The van der Waals surface area contributed by atoms with Crippen LogP contribution in [0, 0.1) is 26.6 Å². The molecule has 4 atom stereocenters. The zero-order valence-corrected chi connectivity index (χ0v) is 15.7. The minimum absolute atomic E-state index is 0.191. The van der Waals surface area contributed by atoms with Crippen LogP contribution in [0.1, 0.15) is 64.8 Å². The van der Waals surface area contributed by atoms with Crippen molar-refractivity contribution in [3.05, 3.63) is 8.96 Å². The summed E-state index contributed by atoms with van der Waals surface area (Å²) in [6.07, 6.45) is 6.68. The summed E-state index contributed by atoms with van der Waals surface area (Å²) < 4.78 is 0.733. The summed E-state index contributed by atoms with van der Waals surface area (Å²) >= 11 is 6.73. The number of rotatable bonds is 2. The smallest absolute Gasteiger partial charge is 0.176 e. The fraction of sp³-hybridized carbons (Fsp3) is 0.882. The zero-order chi connectivity index (χ0) is 16.2. The number of nitrogens with one attached hydrogen (secondary N) is 1. The summed E-state index contributed by atoms with van der Waals surface area (Å²) in [5.74, 6) is 0.943. The van der Waals surface area contributed by atoms with Gasteiger partial charge < -0.3 is 5.11 Å². The quantitative estimate of drug-likeness (QED) is 0.765. The lowest BCUT2D eigenvalue weighted by atomic mass is 9.45. The van der Waals surface area contributed by atoms with Crippen molar-refractivity contribution in [3.8, 4) is 0 Å². The van der Waals surface area contributed by atoms with Crippen LogP contribution in [0.2, 0.25) is 0 Å². The van der Waals surface area contributed by atoms with Gasteiger partial charge in [-0.1, -0.05) is 38.5 Å². The first-order valence-electron chi connectivity index (χ1n) is 8.42. The third-order valence-electron chi connectivity index (χ3n) is 6.62.